The Bertz CT molecular complexity index is 908. The van der Waals surface area contributed by atoms with Gasteiger partial charge in [0.25, 0.3) is 0 Å². The first-order valence-corrected chi connectivity index (χ1v) is 11.3. The minimum atomic E-state index is 0.00567. The molecule has 2 aromatic rings. The van der Waals surface area contributed by atoms with Gasteiger partial charge in [0.2, 0.25) is 5.91 Å². The van der Waals surface area contributed by atoms with Gasteiger partial charge in [-0.25, -0.2) is 0 Å². The van der Waals surface area contributed by atoms with Crippen molar-refractivity contribution in [2.75, 3.05) is 36.2 Å². The molecule has 0 aliphatic carbocycles. The number of nitrogens with zero attached hydrogens (tertiary/aromatic N) is 5. The Morgan fingerprint density at radius 2 is 2.00 bits per heavy atom. The molecule has 31 heavy (non-hydrogen) atoms. The van der Waals surface area contributed by atoms with Crippen molar-refractivity contribution in [1.29, 1.82) is 0 Å². The molecule has 164 valence electrons. The SMILES string of the molecule is C=N/N=C(\SCNC(=O)Cc1ccccc1C)C1CCN(c2ccc(NC)nn2)CC1. The van der Waals surface area contributed by atoms with Gasteiger partial charge in [-0.3, -0.25) is 4.79 Å². The molecule has 1 saturated heterocycles. The average Bonchev–Trinajstić information content (AvgIpc) is 2.80. The quantitative estimate of drug-likeness (QED) is 0.284. The van der Waals surface area contributed by atoms with Gasteiger partial charge in [0.1, 0.15) is 10.9 Å². The molecule has 0 unspecified atom stereocenters. The molecule has 1 fully saturated rings. The van der Waals surface area contributed by atoms with Gasteiger partial charge >= 0.3 is 0 Å². The van der Waals surface area contributed by atoms with E-state index in [1.54, 1.807) is 0 Å². The maximum Gasteiger partial charge on any atom is 0.225 e. The first-order valence-electron chi connectivity index (χ1n) is 10.3. The number of hydrogen-bond donors (Lipinski definition) is 2. The first-order chi connectivity index (χ1) is 15.1. The number of aryl methyl sites for hydroxylation is 1. The molecule has 3 rings (SSSR count). The number of nitrogens with one attached hydrogen (secondary N) is 2. The van der Waals surface area contributed by atoms with E-state index in [0.717, 1.165) is 53.7 Å². The molecule has 0 atom stereocenters. The van der Waals surface area contributed by atoms with Crippen molar-refractivity contribution in [2.24, 2.45) is 16.1 Å². The summed E-state index contributed by atoms with van der Waals surface area (Å²) in [5.41, 5.74) is 2.17. The molecule has 2 heterocycles. The lowest BCUT2D eigenvalue weighted by Crippen LogP contribution is -2.36. The smallest absolute Gasteiger partial charge is 0.225 e. The van der Waals surface area contributed by atoms with Crippen molar-refractivity contribution in [1.82, 2.24) is 15.5 Å². The zero-order valence-corrected chi connectivity index (χ0v) is 18.9. The van der Waals surface area contributed by atoms with Crippen LogP contribution in [0.1, 0.15) is 24.0 Å². The topological polar surface area (TPSA) is 94.9 Å². The number of piperidine rings is 1. The van der Waals surface area contributed by atoms with Crippen LogP contribution in [0.5, 0.6) is 0 Å². The Balaban J connectivity index is 1.47. The van der Waals surface area contributed by atoms with Crippen LogP contribution in [0, 0.1) is 12.8 Å². The predicted molar refractivity (Wildman–Crippen MR) is 129 cm³/mol. The third-order valence-electron chi connectivity index (χ3n) is 5.35. The molecule has 1 amide bonds. The Kier molecular flexibility index (Phi) is 8.40. The van der Waals surface area contributed by atoms with Gasteiger partial charge < -0.3 is 15.5 Å². The van der Waals surface area contributed by atoms with Crippen molar-refractivity contribution in [3.05, 3.63) is 47.5 Å². The van der Waals surface area contributed by atoms with Crippen molar-refractivity contribution >= 4 is 41.1 Å². The second-order valence-corrected chi connectivity index (χ2v) is 8.36. The summed E-state index contributed by atoms with van der Waals surface area (Å²) in [5, 5.41) is 23.3. The summed E-state index contributed by atoms with van der Waals surface area (Å²) in [5.74, 6) is 2.41. The molecule has 0 radical (unpaired) electrons. The number of anilines is 2. The molecule has 1 aliphatic rings. The van der Waals surface area contributed by atoms with Gasteiger partial charge in [0, 0.05) is 32.8 Å². The molecule has 1 aliphatic heterocycles. The fourth-order valence-electron chi connectivity index (χ4n) is 3.52. The number of benzene rings is 1. The molecular formula is C22H29N7OS. The summed E-state index contributed by atoms with van der Waals surface area (Å²) in [6.45, 7) is 7.27. The van der Waals surface area contributed by atoms with Crippen LogP contribution in [0.25, 0.3) is 0 Å². The largest absolute Gasteiger partial charge is 0.372 e. The molecule has 2 N–H and O–H groups in total. The highest BCUT2D eigenvalue weighted by Gasteiger charge is 2.25. The van der Waals surface area contributed by atoms with Crippen LogP contribution < -0.4 is 15.5 Å². The highest BCUT2D eigenvalue weighted by atomic mass is 32.2. The summed E-state index contributed by atoms with van der Waals surface area (Å²) in [6, 6.07) is 11.9. The fourth-order valence-corrected chi connectivity index (χ4v) is 4.48. The van der Waals surface area contributed by atoms with E-state index in [2.05, 4.69) is 42.7 Å². The van der Waals surface area contributed by atoms with Crippen molar-refractivity contribution in [3.8, 4) is 0 Å². The lowest BCUT2D eigenvalue weighted by atomic mass is 9.98. The highest BCUT2D eigenvalue weighted by molar-refractivity contribution is 8.13. The molecular weight excluding hydrogens is 410 g/mol. The van der Waals surface area contributed by atoms with Crippen LogP contribution in [0.4, 0.5) is 11.6 Å². The van der Waals surface area contributed by atoms with Crippen LogP contribution >= 0.6 is 11.8 Å². The molecule has 1 aromatic heterocycles. The van der Waals surface area contributed by atoms with E-state index >= 15 is 0 Å². The van der Waals surface area contributed by atoms with E-state index in [-0.39, 0.29) is 5.91 Å². The minimum Gasteiger partial charge on any atom is -0.372 e. The summed E-state index contributed by atoms with van der Waals surface area (Å²) < 4.78 is 0. The molecule has 0 bridgehead atoms. The van der Waals surface area contributed by atoms with Crippen LogP contribution in [-0.4, -0.2) is 53.9 Å². The van der Waals surface area contributed by atoms with Gasteiger partial charge in [-0.15, -0.1) is 15.3 Å². The second-order valence-electron chi connectivity index (χ2n) is 7.36. The Morgan fingerprint density at radius 3 is 2.65 bits per heavy atom. The number of aromatic nitrogens is 2. The van der Waals surface area contributed by atoms with Crippen LogP contribution in [0.15, 0.2) is 46.6 Å². The summed E-state index contributed by atoms with van der Waals surface area (Å²) >= 11 is 1.53. The summed E-state index contributed by atoms with van der Waals surface area (Å²) in [7, 11) is 1.83. The molecule has 9 heteroatoms. The minimum absolute atomic E-state index is 0.00567. The lowest BCUT2D eigenvalue weighted by Gasteiger charge is -2.32. The zero-order valence-electron chi connectivity index (χ0n) is 18.0. The number of rotatable bonds is 8. The number of hydrogen-bond acceptors (Lipinski definition) is 8. The Hall–Kier alpha value is -2.94. The van der Waals surface area contributed by atoms with Crippen LogP contribution in [0.2, 0.25) is 0 Å². The van der Waals surface area contributed by atoms with E-state index in [1.807, 2.05) is 50.4 Å². The van der Waals surface area contributed by atoms with Crippen molar-refractivity contribution in [3.63, 3.8) is 0 Å². The van der Waals surface area contributed by atoms with Crippen molar-refractivity contribution in [2.45, 2.75) is 26.2 Å². The Morgan fingerprint density at radius 1 is 1.23 bits per heavy atom. The van der Waals surface area contributed by atoms with Crippen LogP contribution in [-0.2, 0) is 11.2 Å². The first kappa shape index (κ1) is 22.7. The molecule has 0 spiro atoms. The summed E-state index contributed by atoms with van der Waals surface area (Å²) in [4.78, 5) is 14.5. The van der Waals surface area contributed by atoms with Crippen molar-refractivity contribution < 1.29 is 4.79 Å². The normalized spacial score (nSPS) is 14.9. The standard InChI is InChI=1S/C22H29N7OS/c1-16-6-4-5-7-18(16)14-21(30)25-15-31-22(28-24-3)17-10-12-29(13-11-17)20-9-8-19(23-2)26-27-20/h4-9,17H,3,10-15H2,1-2H3,(H,23,26)(H,25,30)/b28-22-. The van der Waals surface area contributed by atoms with Gasteiger partial charge in [0.15, 0.2) is 5.82 Å². The van der Waals surface area contributed by atoms with Gasteiger partial charge in [-0.2, -0.15) is 5.10 Å². The second kappa shape index (κ2) is 11.5. The van der Waals surface area contributed by atoms with E-state index in [4.69, 9.17) is 0 Å². The van der Waals surface area contributed by atoms with E-state index in [1.165, 1.54) is 11.8 Å². The van der Waals surface area contributed by atoms with E-state index in [9.17, 15) is 4.79 Å². The van der Waals surface area contributed by atoms with E-state index in [0.29, 0.717) is 18.2 Å². The number of carbonyl (C=O) groups excluding carboxylic acids is 1. The van der Waals surface area contributed by atoms with Gasteiger partial charge in [-0.1, -0.05) is 36.0 Å². The number of thioether (sulfide) groups is 1. The maximum absolute atomic E-state index is 12.3. The third kappa shape index (κ3) is 6.52. The van der Waals surface area contributed by atoms with Crippen LogP contribution in [0.3, 0.4) is 0 Å². The number of amides is 1. The highest BCUT2D eigenvalue weighted by Crippen LogP contribution is 2.27. The Labute approximate surface area is 187 Å². The van der Waals surface area contributed by atoms with Gasteiger partial charge in [0.05, 0.1) is 12.3 Å². The maximum atomic E-state index is 12.3. The van der Waals surface area contributed by atoms with E-state index < -0.39 is 0 Å². The fraction of sp³-hybridized carbons (Fsp3) is 0.409. The molecule has 1 aromatic carbocycles. The summed E-state index contributed by atoms with van der Waals surface area (Å²) in [6.07, 6.45) is 2.26. The zero-order chi connectivity index (χ0) is 22.1. The van der Waals surface area contributed by atoms with Gasteiger partial charge in [-0.05, 0) is 43.0 Å². The lowest BCUT2D eigenvalue weighted by molar-refractivity contribution is -0.120. The predicted octanol–water partition coefficient (Wildman–Crippen LogP) is 3.11. The molecule has 0 saturated carbocycles. The third-order valence-corrected chi connectivity index (χ3v) is 6.35. The average molecular weight is 440 g/mol. The molecule has 8 nitrogen and oxygen atoms in total. The number of carbonyl (C=O) groups is 1. The monoisotopic (exact) mass is 439 g/mol.